The second-order valence-corrected chi connectivity index (χ2v) is 4.78. The lowest BCUT2D eigenvalue weighted by Crippen LogP contribution is -2.06. The first-order chi connectivity index (χ1) is 11.0. The number of halogens is 1. The van der Waals surface area contributed by atoms with Crippen LogP contribution < -0.4 is 0 Å². The van der Waals surface area contributed by atoms with Crippen LogP contribution >= 0.6 is 0 Å². The van der Waals surface area contributed by atoms with Gasteiger partial charge in [-0.1, -0.05) is 24.3 Å². The minimum absolute atomic E-state index is 0.0943. The molecule has 2 rings (SSSR count). The van der Waals surface area contributed by atoms with E-state index in [0.29, 0.717) is 11.1 Å². The summed E-state index contributed by atoms with van der Waals surface area (Å²) in [5.74, 6) is -1.01. The van der Waals surface area contributed by atoms with Crippen molar-refractivity contribution in [1.82, 2.24) is 0 Å². The molecule has 6 heteroatoms. The van der Waals surface area contributed by atoms with Gasteiger partial charge in [0, 0.05) is 12.1 Å². The van der Waals surface area contributed by atoms with Gasteiger partial charge in [-0.2, -0.15) is 0 Å². The van der Waals surface area contributed by atoms with Gasteiger partial charge >= 0.3 is 5.97 Å². The van der Waals surface area contributed by atoms with E-state index >= 15 is 0 Å². The molecule has 0 aliphatic carbocycles. The Labute approximate surface area is 132 Å². The van der Waals surface area contributed by atoms with Gasteiger partial charge in [0.05, 0.1) is 10.5 Å². The lowest BCUT2D eigenvalue weighted by atomic mass is 10.1. The Bertz CT molecular complexity index is 741. The average Bonchev–Trinajstić information content (AvgIpc) is 2.53. The topological polar surface area (TPSA) is 69.4 Å². The lowest BCUT2D eigenvalue weighted by Gasteiger charge is -2.11. The molecule has 0 aromatic heterocycles. The van der Waals surface area contributed by atoms with Crippen molar-refractivity contribution in [2.75, 3.05) is 0 Å². The van der Waals surface area contributed by atoms with Gasteiger partial charge < -0.3 is 4.74 Å². The molecular weight excluding hydrogens is 301 g/mol. The van der Waals surface area contributed by atoms with Crippen LogP contribution in [0, 0.1) is 15.9 Å². The number of nitro benzene ring substituents is 1. The van der Waals surface area contributed by atoms with E-state index in [2.05, 4.69) is 0 Å². The first-order valence-corrected chi connectivity index (χ1v) is 6.85. The van der Waals surface area contributed by atoms with E-state index in [0.717, 1.165) is 6.08 Å². The monoisotopic (exact) mass is 315 g/mol. The molecule has 0 amide bonds. The molecule has 0 spiro atoms. The van der Waals surface area contributed by atoms with E-state index in [1.165, 1.54) is 42.5 Å². The third-order valence-corrected chi connectivity index (χ3v) is 3.16. The summed E-state index contributed by atoms with van der Waals surface area (Å²) < 4.78 is 18.0. The highest BCUT2D eigenvalue weighted by Crippen LogP contribution is 2.20. The predicted molar refractivity (Wildman–Crippen MR) is 83.0 cm³/mol. The summed E-state index contributed by atoms with van der Waals surface area (Å²) in [5.41, 5.74) is 0.867. The Hall–Kier alpha value is -3.02. The SMILES string of the molecule is C[C@@H](OC(=O)/C=C/c1ccccc1[N+](=O)[O-])c1ccc(F)cc1. The van der Waals surface area contributed by atoms with E-state index in [9.17, 15) is 19.3 Å². The maximum Gasteiger partial charge on any atom is 0.331 e. The van der Waals surface area contributed by atoms with Crippen molar-refractivity contribution in [2.24, 2.45) is 0 Å². The first-order valence-electron chi connectivity index (χ1n) is 6.85. The summed E-state index contributed by atoms with van der Waals surface area (Å²) in [5, 5.41) is 10.9. The smallest absolute Gasteiger partial charge is 0.331 e. The van der Waals surface area contributed by atoms with Gasteiger partial charge in [-0.05, 0) is 36.8 Å². The third-order valence-electron chi connectivity index (χ3n) is 3.16. The zero-order chi connectivity index (χ0) is 16.8. The van der Waals surface area contributed by atoms with Crippen LogP contribution in [0.2, 0.25) is 0 Å². The van der Waals surface area contributed by atoms with Crippen LogP contribution in [-0.2, 0) is 9.53 Å². The van der Waals surface area contributed by atoms with Gasteiger partial charge in [0.1, 0.15) is 11.9 Å². The number of hydrogen-bond donors (Lipinski definition) is 0. The average molecular weight is 315 g/mol. The van der Waals surface area contributed by atoms with Crippen molar-refractivity contribution in [3.05, 3.63) is 81.7 Å². The zero-order valence-electron chi connectivity index (χ0n) is 12.3. The number of para-hydroxylation sites is 1. The van der Waals surface area contributed by atoms with Crippen LogP contribution in [0.15, 0.2) is 54.6 Å². The maximum absolute atomic E-state index is 12.9. The molecule has 0 saturated carbocycles. The highest BCUT2D eigenvalue weighted by atomic mass is 19.1. The van der Waals surface area contributed by atoms with Crippen LogP contribution in [0.25, 0.3) is 6.08 Å². The van der Waals surface area contributed by atoms with E-state index in [1.54, 1.807) is 19.1 Å². The van der Waals surface area contributed by atoms with Crippen molar-refractivity contribution < 1.29 is 18.8 Å². The Morgan fingerprint density at radius 3 is 2.52 bits per heavy atom. The highest BCUT2D eigenvalue weighted by Gasteiger charge is 2.12. The number of carbonyl (C=O) groups is 1. The summed E-state index contributed by atoms with van der Waals surface area (Å²) in [4.78, 5) is 22.2. The number of ether oxygens (including phenoxy) is 1. The van der Waals surface area contributed by atoms with Gasteiger partial charge in [-0.25, -0.2) is 9.18 Å². The molecule has 0 unspecified atom stereocenters. The molecule has 2 aromatic rings. The largest absolute Gasteiger partial charge is 0.455 e. The van der Waals surface area contributed by atoms with Gasteiger partial charge in [0.2, 0.25) is 0 Å². The summed E-state index contributed by atoms with van der Waals surface area (Å²) >= 11 is 0. The molecule has 0 aliphatic rings. The van der Waals surface area contributed by atoms with E-state index in [1.807, 2.05) is 0 Å². The minimum atomic E-state index is -0.639. The summed E-state index contributed by atoms with van der Waals surface area (Å²) in [6.07, 6.45) is 1.90. The van der Waals surface area contributed by atoms with Gasteiger partial charge in [-0.3, -0.25) is 10.1 Å². The molecule has 0 N–H and O–H groups in total. The van der Waals surface area contributed by atoms with Crippen molar-refractivity contribution in [3.8, 4) is 0 Å². The van der Waals surface area contributed by atoms with E-state index in [-0.39, 0.29) is 11.5 Å². The molecule has 5 nitrogen and oxygen atoms in total. The quantitative estimate of drug-likeness (QED) is 0.361. The zero-order valence-corrected chi connectivity index (χ0v) is 12.3. The van der Waals surface area contributed by atoms with Gasteiger partial charge in [0.15, 0.2) is 0 Å². The van der Waals surface area contributed by atoms with Crippen molar-refractivity contribution in [2.45, 2.75) is 13.0 Å². The number of benzene rings is 2. The standard InChI is InChI=1S/C17H14FNO4/c1-12(13-6-9-15(18)10-7-13)23-17(20)11-8-14-4-2-3-5-16(14)19(21)22/h2-12H,1H3/b11-8+/t12-/m1/s1. The second kappa shape index (κ2) is 7.31. The highest BCUT2D eigenvalue weighted by molar-refractivity contribution is 5.88. The van der Waals surface area contributed by atoms with Gasteiger partial charge in [-0.15, -0.1) is 0 Å². The molecule has 118 valence electrons. The van der Waals surface area contributed by atoms with Crippen LogP contribution in [0.3, 0.4) is 0 Å². The Kier molecular flexibility index (Phi) is 5.19. The molecule has 0 heterocycles. The predicted octanol–water partition coefficient (Wildman–Crippen LogP) is 4.05. The molecule has 1 atom stereocenters. The van der Waals surface area contributed by atoms with Crippen molar-refractivity contribution in [3.63, 3.8) is 0 Å². The number of nitro groups is 1. The lowest BCUT2D eigenvalue weighted by molar-refractivity contribution is -0.385. The van der Waals surface area contributed by atoms with E-state index in [4.69, 9.17) is 4.74 Å². The van der Waals surface area contributed by atoms with Crippen LogP contribution in [0.4, 0.5) is 10.1 Å². The Balaban J connectivity index is 2.04. The molecule has 0 radical (unpaired) electrons. The molecule has 0 aliphatic heterocycles. The van der Waals surface area contributed by atoms with E-state index < -0.39 is 17.0 Å². The fourth-order valence-corrected chi connectivity index (χ4v) is 1.97. The Morgan fingerprint density at radius 1 is 1.22 bits per heavy atom. The molecule has 0 fully saturated rings. The minimum Gasteiger partial charge on any atom is -0.455 e. The first kappa shape index (κ1) is 16.4. The second-order valence-electron chi connectivity index (χ2n) is 4.78. The number of rotatable bonds is 5. The van der Waals surface area contributed by atoms with Crippen LogP contribution in [0.5, 0.6) is 0 Å². The fraction of sp³-hybridized carbons (Fsp3) is 0.118. The van der Waals surface area contributed by atoms with Crippen molar-refractivity contribution >= 4 is 17.7 Å². The number of carbonyl (C=O) groups excluding carboxylic acids is 1. The maximum atomic E-state index is 12.9. The third kappa shape index (κ3) is 4.47. The Morgan fingerprint density at radius 2 is 1.87 bits per heavy atom. The van der Waals surface area contributed by atoms with Crippen LogP contribution in [-0.4, -0.2) is 10.9 Å². The summed E-state index contributed by atoms with van der Waals surface area (Å²) in [6.45, 7) is 1.66. The van der Waals surface area contributed by atoms with Crippen LogP contribution in [0.1, 0.15) is 24.2 Å². The van der Waals surface area contributed by atoms with Gasteiger partial charge in [0.25, 0.3) is 5.69 Å². The fourth-order valence-electron chi connectivity index (χ4n) is 1.97. The number of esters is 1. The molecule has 0 bridgehead atoms. The molecule has 0 saturated heterocycles. The molecule has 2 aromatic carbocycles. The van der Waals surface area contributed by atoms with Crippen molar-refractivity contribution in [1.29, 1.82) is 0 Å². The molecule has 23 heavy (non-hydrogen) atoms. The normalized spacial score (nSPS) is 12.1. The molecular formula is C17H14FNO4. The summed E-state index contributed by atoms with van der Waals surface area (Å²) in [6, 6.07) is 11.7. The number of nitrogens with zero attached hydrogens (tertiary/aromatic N) is 1. The summed E-state index contributed by atoms with van der Waals surface area (Å²) in [7, 11) is 0. The number of hydrogen-bond acceptors (Lipinski definition) is 4.